The quantitative estimate of drug-likeness (QED) is 0.844. The van der Waals surface area contributed by atoms with E-state index in [2.05, 4.69) is 5.32 Å². The predicted octanol–water partition coefficient (Wildman–Crippen LogP) is 4.22. The third-order valence-corrected chi connectivity index (χ3v) is 4.18. The van der Waals surface area contributed by atoms with Gasteiger partial charge in [0.05, 0.1) is 19.3 Å². The summed E-state index contributed by atoms with van der Waals surface area (Å²) in [6.07, 6.45) is -5.52. The number of alkyl halides is 3. The molecule has 0 unspecified atom stereocenters. The molecule has 2 aromatic carbocycles. The molecule has 0 fully saturated rings. The van der Waals surface area contributed by atoms with Crippen molar-refractivity contribution in [1.29, 1.82) is 0 Å². The van der Waals surface area contributed by atoms with E-state index in [1.54, 1.807) is 43.3 Å². The number of nitrogens with zero attached hydrogens (tertiary/aromatic N) is 1. The average Bonchev–Trinajstić information content (AvgIpc) is 2.63. The van der Waals surface area contributed by atoms with Gasteiger partial charge >= 0.3 is 6.18 Å². The summed E-state index contributed by atoms with van der Waals surface area (Å²) < 4.78 is 50.1. The Morgan fingerprint density at radius 2 is 1.89 bits per heavy atom. The van der Waals surface area contributed by atoms with Gasteiger partial charge in [0, 0.05) is 5.69 Å². The van der Waals surface area contributed by atoms with Crippen molar-refractivity contribution in [2.45, 2.75) is 19.3 Å². The molecule has 0 radical (unpaired) electrons. The standard InChI is InChI=1S/C19H19F3N2O3/c1-3-27-16-10-12(8-9-15(16)26-2)17-23-14-7-5-4-6-13(14)18(25)24(17)11-19(20,21)22/h4-10,17,23H,3,11H2,1-2H3/t17-/m0/s1. The zero-order valence-electron chi connectivity index (χ0n) is 14.8. The second kappa shape index (κ2) is 7.38. The largest absolute Gasteiger partial charge is 0.493 e. The molecule has 144 valence electrons. The monoisotopic (exact) mass is 380 g/mol. The third kappa shape index (κ3) is 3.94. The Morgan fingerprint density at radius 1 is 1.15 bits per heavy atom. The normalized spacial score (nSPS) is 16.6. The van der Waals surface area contributed by atoms with E-state index in [1.807, 2.05) is 0 Å². The van der Waals surface area contributed by atoms with E-state index in [-0.39, 0.29) is 5.56 Å². The maximum Gasteiger partial charge on any atom is 0.406 e. The first-order chi connectivity index (χ1) is 12.8. The van der Waals surface area contributed by atoms with Crippen LogP contribution in [0.2, 0.25) is 0 Å². The summed E-state index contributed by atoms with van der Waals surface area (Å²) in [4.78, 5) is 13.5. The number of anilines is 1. The SMILES string of the molecule is CCOc1cc([C@H]2Nc3ccccc3C(=O)N2CC(F)(F)F)ccc1OC. The zero-order valence-corrected chi connectivity index (χ0v) is 14.8. The highest BCUT2D eigenvalue weighted by molar-refractivity contribution is 6.01. The Bertz CT molecular complexity index is 839. The van der Waals surface area contributed by atoms with Gasteiger partial charge in [0.15, 0.2) is 11.5 Å². The van der Waals surface area contributed by atoms with Gasteiger partial charge in [-0.15, -0.1) is 0 Å². The number of ether oxygens (including phenoxy) is 2. The van der Waals surface area contributed by atoms with E-state index < -0.39 is 24.8 Å². The number of rotatable bonds is 5. The van der Waals surface area contributed by atoms with Crippen LogP contribution in [0.15, 0.2) is 42.5 Å². The van der Waals surface area contributed by atoms with Gasteiger partial charge in [-0.3, -0.25) is 4.79 Å². The van der Waals surface area contributed by atoms with E-state index in [9.17, 15) is 18.0 Å². The van der Waals surface area contributed by atoms with Crippen LogP contribution in [0.5, 0.6) is 11.5 Å². The topological polar surface area (TPSA) is 50.8 Å². The molecular weight excluding hydrogens is 361 g/mol. The fraction of sp³-hybridized carbons (Fsp3) is 0.316. The number of para-hydroxylation sites is 1. The summed E-state index contributed by atoms with van der Waals surface area (Å²) >= 11 is 0. The third-order valence-electron chi connectivity index (χ3n) is 4.18. The lowest BCUT2D eigenvalue weighted by Crippen LogP contribution is -2.47. The number of carbonyl (C=O) groups excluding carboxylic acids is 1. The molecule has 1 atom stereocenters. The molecular formula is C19H19F3N2O3. The lowest BCUT2D eigenvalue weighted by atomic mass is 10.0. The van der Waals surface area contributed by atoms with Gasteiger partial charge in [0.2, 0.25) is 0 Å². The molecule has 3 rings (SSSR count). The maximum atomic E-state index is 13.1. The predicted molar refractivity (Wildman–Crippen MR) is 94.1 cm³/mol. The number of carbonyl (C=O) groups is 1. The summed E-state index contributed by atoms with van der Waals surface area (Å²) in [6, 6.07) is 11.3. The summed E-state index contributed by atoms with van der Waals surface area (Å²) in [6.45, 7) is 0.792. The van der Waals surface area contributed by atoms with Gasteiger partial charge in [-0.05, 0) is 36.8 Å². The maximum absolute atomic E-state index is 13.1. The Morgan fingerprint density at radius 3 is 2.56 bits per heavy atom. The average molecular weight is 380 g/mol. The highest BCUT2D eigenvalue weighted by Gasteiger charge is 2.40. The fourth-order valence-electron chi connectivity index (χ4n) is 3.04. The van der Waals surface area contributed by atoms with Crippen LogP contribution in [0.1, 0.15) is 29.0 Å². The lowest BCUT2D eigenvalue weighted by molar-refractivity contribution is -0.144. The van der Waals surface area contributed by atoms with Crippen molar-refractivity contribution in [1.82, 2.24) is 4.90 Å². The van der Waals surface area contributed by atoms with Crippen molar-refractivity contribution in [2.75, 3.05) is 25.6 Å². The molecule has 0 spiro atoms. The first-order valence-corrected chi connectivity index (χ1v) is 8.38. The number of halogens is 3. The molecule has 1 aliphatic rings. The van der Waals surface area contributed by atoms with Gasteiger partial charge in [-0.25, -0.2) is 0 Å². The van der Waals surface area contributed by atoms with Crippen LogP contribution in [-0.4, -0.2) is 37.2 Å². The van der Waals surface area contributed by atoms with E-state index in [0.717, 1.165) is 4.90 Å². The van der Waals surface area contributed by atoms with Crippen molar-refractivity contribution in [3.8, 4) is 11.5 Å². The van der Waals surface area contributed by atoms with Crippen LogP contribution in [0.3, 0.4) is 0 Å². The van der Waals surface area contributed by atoms with Crippen LogP contribution in [0.4, 0.5) is 18.9 Å². The molecule has 1 amide bonds. The highest BCUT2D eigenvalue weighted by atomic mass is 19.4. The minimum absolute atomic E-state index is 0.205. The molecule has 0 saturated carbocycles. The number of nitrogens with one attached hydrogen (secondary N) is 1. The molecule has 8 heteroatoms. The molecule has 1 aliphatic heterocycles. The zero-order chi connectivity index (χ0) is 19.6. The van der Waals surface area contributed by atoms with E-state index in [0.29, 0.717) is 29.4 Å². The van der Waals surface area contributed by atoms with Crippen molar-refractivity contribution in [3.63, 3.8) is 0 Å². The number of amides is 1. The number of methoxy groups -OCH3 is 1. The van der Waals surface area contributed by atoms with Gasteiger partial charge in [0.25, 0.3) is 5.91 Å². The van der Waals surface area contributed by atoms with Crippen molar-refractivity contribution in [3.05, 3.63) is 53.6 Å². The second-order valence-corrected chi connectivity index (χ2v) is 5.98. The molecule has 1 N–H and O–H groups in total. The lowest BCUT2D eigenvalue weighted by Gasteiger charge is -2.38. The Labute approximate surface area is 154 Å². The van der Waals surface area contributed by atoms with E-state index >= 15 is 0 Å². The number of hydrogen-bond acceptors (Lipinski definition) is 4. The molecule has 0 saturated heterocycles. The number of hydrogen-bond donors (Lipinski definition) is 1. The van der Waals surface area contributed by atoms with E-state index in [1.165, 1.54) is 13.2 Å². The Balaban J connectivity index is 2.05. The van der Waals surface area contributed by atoms with Crippen LogP contribution in [0, 0.1) is 0 Å². The minimum Gasteiger partial charge on any atom is -0.493 e. The van der Waals surface area contributed by atoms with Crippen LogP contribution < -0.4 is 14.8 Å². The second-order valence-electron chi connectivity index (χ2n) is 5.98. The summed E-state index contributed by atoms with van der Waals surface area (Å²) in [5.41, 5.74) is 1.16. The van der Waals surface area contributed by atoms with Crippen LogP contribution in [-0.2, 0) is 0 Å². The summed E-state index contributed by atoms with van der Waals surface area (Å²) in [7, 11) is 1.48. The number of fused-ring (bicyclic) bond motifs is 1. The smallest absolute Gasteiger partial charge is 0.406 e. The molecule has 27 heavy (non-hydrogen) atoms. The molecule has 0 aliphatic carbocycles. The summed E-state index contributed by atoms with van der Waals surface area (Å²) in [5.74, 6) is 0.184. The van der Waals surface area contributed by atoms with Crippen molar-refractivity contribution in [2.24, 2.45) is 0 Å². The van der Waals surface area contributed by atoms with Gasteiger partial charge in [-0.2, -0.15) is 13.2 Å². The van der Waals surface area contributed by atoms with Crippen molar-refractivity contribution >= 4 is 11.6 Å². The molecule has 5 nitrogen and oxygen atoms in total. The van der Waals surface area contributed by atoms with Gasteiger partial charge < -0.3 is 19.7 Å². The minimum atomic E-state index is -4.53. The highest BCUT2D eigenvalue weighted by Crippen LogP contribution is 2.38. The van der Waals surface area contributed by atoms with Crippen LogP contribution >= 0.6 is 0 Å². The molecule has 0 aromatic heterocycles. The van der Waals surface area contributed by atoms with Crippen LogP contribution in [0.25, 0.3) is 0 Å². The number of benzene rings is 2. The fourth-order valence-corrected chi connectivity index (χ4v) is 3.04. The Hall–Kier alpha value is -2.90. The van der Waals surface area contributed by atoms with Gasteiger partial charge in [0.1, 0.15) is 12.7 Å². The Kier molecular flexibility index (Phi) is 5.16. The molecule has 2 aromatic rings. The van der Waals surface area contributed by atoms with E-state index in [4.69, 9.17) is 9.47 Å². The van der Waals surface area contributed by atoms with Crippen molar-refractivity contribution < 1.29 is 27.4 Å². The first kappa shape index (κ1) is 18.9. The summed E-state index contributed by atoms with van der Waals surface area (Å²) in [5, 5.41) is 3.03. The molecule has 1 heterocycles. The molecule has 0 bridgehead atoms. The van der Waals surface area contributed by atoms with Gasteiger partial charge in [-0.1, -0.05) is 18.2 Å². The first-order valence-electron chi connectivity index (χ1n) is 8.38.